The molecule has 0 bridgehead atoms. The van der Waals surface area contributed by atoms with Crippen molar-refractivity contribution in [2.45, 2.75) is 117 Å². The Morgan fingerprint density at radius 1 is 0.512 bits per heavy atom. The van der Waals surface area contributed by atoms with E-state index in [9.17, 15) is 0 Å². The molecule has 4 nitrogen and oxygen atoms in total. The Labute approximate surface area is 261 Å². The monoisotopic (exact) mass is 622 g/mol. The molecule has 0 fully saturated rings. The molecule has 0 spiro atoms. The highest BCUT2D eigenvalue weighted by Crippen LogP contribution is 2.53. The third-order valence-electron chi connectivity index (χ3n) is 7.20. The number of rotatable bonds is 26. The summed E-state index contributed by atoms with van der Waals surface area (Å²) in [6.07, 6.45) is 20.9. The third-order valence-corrected chi connectivity index (χ3v) is 9.54. The summed E-state index contributed by atoms with van der Waals surface area (Å²) in [6.45, 7) is 6.00. The van der Waals surface area contributed by atoms with E-state index in [2.05, 4.69) is 50.4 Å². The first-order valence-corrected chi connectivity index (χ1v) is 19.9. The lowest BCUT2D eigenvalue weighted by Crippen LogP contribution is -2.08. The molecule has 2 aromatic rings. The lowest BCUT2D eigenvalue weighted by Gasteiger charge is -2.17. The Morgan fingerprint density at radius 3 is 1.22 bits per heavy atom. The minimum absolute atomic E-state index is 0.335. The Bertz CT molecular complexity index is 863. The Balaban J connectivity index is 1.50. The molecule has 0 heterocycles. The molecule has 0 unspecified atom stereocenters. The zero-order chi connectivity index (χ0) is 29.4. The van der Waals surface area contributed by atoms with Crippen LogP contribution in [0.3, 0.4) is 0 Å². The minimum atomic E-state index is -2.63. The van der Waals surface area contributed by atoms with Crippen molar-refractivity contribution in [3.63, 3.8) is 0 Å². The van der Waals surface area contributed by atoms with Crippen molar-refractivity contribution in [1.29, 1.82) is 0 Å². The van der Waals surface area contributed by atoms with Crippen LogP contribution in [-0.4, -0.2) is 26.4 Å². The summed E-state index contributed by atoms with van der Waals surface area (Å²) in [4.78, 5) is 0. The average molecular weight is 623 g/mol. The molecule has 0 aromatic heterocycles. The Hall–Kier alpha value is -1.04. The summed E-state index contributed by atoms with van der Waals surface area (Å²) in [5.41, 5.74) is 0.0948. The van der Waals surface area contributed by atoms with E-state index in [1.165, 1.54) is 101 Å². The van der Waals surface area contributed by atoms with Gasteiger partial charge in [-0.2, -0.15) is 0 Å². The molecule has 2 rings (SSSR count). The summed E-state index contributed by atoms with van der Waals surface area (Å²) >= 11 is 9.85. The van der Waals surface area contributed by atoms with Crippen LogP contribution in [-0.2, 0) is 33.7 Å². The predicted molar refractivity (Wildman–Crippen MR) is 182 cm³/mol. The first-order chi connectivity index (χ1) is 20.0. The first kappa shape index (κ1) is 36.2. The van der Waals surface area contributed by atoms with Gasteiger partial charge in [-0.25, -0.2) is 0 Å². The van der Waals surface area contributed by atoms with Crippen LogP contribution in [0, 0.1) is 0 Å². The van der Waals surface area contributed by atoms with Crippen molar-refractivity contribution in [3.8, 4) is 11.5 Å². The van der Waals surface area contributed by atoms with Crippen molar-refractivity contribution >= 4 is 29.7 Å². The second-order valence-corrected chi connectivity index (χ2v) is 16.1. The molecule has 0 amide bonds. The Morgan fingerprint density at radius 2 is 0.854 bits per heavy atom. The zero-order valence-corrected chi connectivity index (χ0v) is 28.3. The minimum Gasteiger partial charge on any atom is -0.491 e. The van der Waals surface area contributed by atoms with E-state index < -0.39 is 5.69 Å². The maximum Gasteiger partial charge on any atom is 0.244 e. The van der Waals surface area contributed by atoms with Gasteiger partial charge in [-0.05, 0) is 72.9 Å². The number of ether oxygens (including phenoxy) is 2. The largest absolute Gasteiger partial charge is 0.491 e. The smallest absolute Gasteiger partial charge is 0.244 e. The topological polar surface area (TPSA) is 36.9 Å². The fraction of sp³-hybridized carbons (Fsp3) is 0.647. The standard InChI is InChI=1S/C34H55O4PS2/c1-3-5-7-9-11-13-15-17-31-19-23-33(24-20-31)35-27-29-37-39(40,41)38-30-28-36-34-25-21-32(22-26-34)18-16-14-12-10-8-6-4-2/h19-26H,3-18,27-30H2,1-2H3,(H,40,41). The maximum absolute atomic E-state index is 5.81. The zero-order valence-electron chi connectivity index (χ0n) is 25.7. The second-order valence-electron chi connectivity index (χ2n) is 10.9. The highest BCUT2D eigenvalue weighted by atomic mass is 32.9. The molecule has 41 heavy (non-hydrogen) atoms. The van der Waals surface area contributed by atoms with Crippen molar-refractivity contribution in [1.82, 2.24) is 0 Å². The predicted octanol–water partition coefficient (Wildman–Crippen LogP) is 10.9. The molecular weight excluding hydrogens is 567 g/mol. The molecule has 0 saturated carbocycles. The fourth-order valence-corrected chi connectivity index (χ4v) is 6.36. The second kappa shape index (κ2) is 23.4. The maximum atomic E-state index is 5.81. The van der Waals surface area contributed by atoms with E-state index in [-0.39, 0.29) is 0 Å². The van der Waals surface area contributed by atoms with Gasteiger partial charge in [0.05, 0.1) is 13.2 Å². The van der Waals surface area contributed by atoms with Gasteiger partial charge in [-0.15, -0.1) is 0 Å². The van der Waals surface area contributed by atoms with Gasteiger partial charge in [0.15, 0.2) is 0 Å². The molecule has 7 heteroatoms. The number of hydrogen-bond donors (Lipinski definition) is 1. The van der Waals surface area contributed by atoms with Gasteiger partial charge in [-0.3, -0.25) is 0 Å². The summed E-state index contributed by atoms with van der Waals surface area (Å²) < 4.78 is 23.0. The van der Waals surface area contributed by atoms with E-state index >= 15 is 0 Å². The van der Waals surface area contributed by atoms with Crippen molar-refractivity contribution < 1.29 is 18.5 Å². The molecule has 0 aliphatic carbocycles. The van der Waals surface area contributed by atoms with Crippen molar-refractivity contribution in [3.05, 3.63) is 59.7 Å². The van der Waals surface area contributed by atoms with Gasteiger partial charge in [0.2, 0.25) is 5.69 Å². The molecule has 0 atom stereocenters. The normalized spacial score (nSPS) is 11.6. The molecule has 0 saturated heterocycles. The number of aryl methyl sites for hydroxylation is 2. The number of hydrogen-bond acceptors (Lipinski definition) is 5. The summed E-state index contributed by atoms with van der Waals surface area (Å²) in [6, 6.07) is 16.7. The lowest BCUT2D eigenvalue weighted by atomic mass is 10.0. The quantitative estimate of drug-likeness (QED) is 0.0642. The molecule has 0 radical (unpaired) electrons. The lowest BCUT2D eigenvalue weighted by molar-refractivity contribution is 0.183. The van der Waals surface area contributed by atoms with Crippen molar-refractivity contribution in [2.24, 2.45) is 0 Å². The third kappa shape index (κ3) is 19.0. The molecule has 0 N–H and O–H groups in total. The van der Waals surface area contributed by atoms with Gasteiger partial charge in [-0.1, -0.05) is 127 Å². The van der Waals surface area contributed by atoms with Crippen LogP contribution in [0.1, 0.15) is 115 Å². The number of thiol groups is 1. The van der Waals surface area contributed by atoms with E-state index in [0.29, 0.717) is 26.4 Å². The van der Waals surface area contributed by atoms with Crippen LogP contribution < -0.4 is 9.47 Å². The van der Waals surface area contributed by atoms with Crippen LogP contribution in [0.25, 0.3) is 0 Å². The molecular formula is C34H55O4PS2. The van der Waals surface area contributed by atoms with E-state index in [1.807, 2.05) is 24.3 Å². The van der Waals surface area contributed by atoms with Crippen LogP contribution >= 0.6 is 17.9 Å². The number of unbranched alkanes of at least 4 members (excludes halogenated alkanes) is 12. The molecule has 232 valence electrons. The fourth-order valence-electron chi connectivity index (χ4n) is 4.74. The summed E-state index contributed by atoms with van der Waals surface area (Å²) in [5.74, 6) is 1.68. The molecule has 2 aromatic carbocycles. The SMILES string of the molecule is CCCCCCCCCc1ccc(OCCOP(=S)(S)OCCOc2ccc(CCCCCCCCC)cc2)cc1. The van der Waals surface area contributed by atoms with Gasteiger partial charge < -0.3 is 18.5 Å². The highest BCUT2D eigenvalue weighted by molar-refractivity contribution is 8.60. The van der Waals surface area contributed by atoms with E-state index in [0.717, 1.165) is 24.3 Å². The molecule has 0 aliphatic rings. The number of benzene rings is 2. The van der Waals surface area contributed by atoms with Crippen LogP contribution in [0.5, 0.6) is 11.5 Å². The van der Waals surface area contributed by atoms with E-state index in [4.69, 9.17) is 30.3 Å². The van der Waals surface area contributed by atoms with Crippen LogP contribution in [0.15, 0.2) is 48.5 Å². The van der Waals surface area contributed by atoms with Gasteiger partial charge in [0.1, 0.15) is 24.7 Å². The van der Waals surface area contributed by atoms with Crippen LogP contribution in [0.4, 0.5) is 0 Å². The van der Waals surface area contributed by atoms with Gasteiger partial charge in [0, 0.05) is 0 Å². The van der Waals surface area contributed by atoms with Gasteiger partial charge in [0.25, 0.3) is 0 Å². The van der Waals surface area contributed by atoms with Crippen molar-refractivity contribution in [2.75, 3.05) is 26.4 Å². The van der Waals surface area contributed by atoms with Gasteiger partial charge >= 0.3 is 0 Å². The molecule has 0 aliphatic heterocycles. The summed E-state index contributed by atoms with van der Waals surface area (Å²) in [7, 11) is 0. The Kier molecular flexibility index (Phi) is 20.7. The average Bonchev–Trinajstić information content (AvgIpc) is 2.98. The van der Waals surface area contributed by atoms with E-state index in [1.54, 1.807) is 0 Å². The highest BCUT2D eigenvalue weighted by Gasteiger charge is 2.13. The first-order valence-electron chi connectivity index (χ1n) is 16.1. The van der Waals surface area contributed by atoms with Crippen LogP contribution in [0.2, 0.25) is 0 Å². The summed E-state index contributed by atoms with van der Waals surface area (Å²) in [5, 5.41) is 0.